The number of amides is 3. The van der Waals surface area contributed by atoms with Gasteiger partial charge in [-0.2, -0.15) is 0 Å². The second kappa shape index (κ2) is 18.3. The molecule has 4 aliphatic rings. The Kier molecular flexibility index (Phi) is 13.7. The van der Waals surface area contributed by atoms with Crippen molar-refractivity contribution < 1.29 is 37.6 Å². The largest absolute Gasteiger partial charge is 0.340 e. The summed E-state index contributed by atoms with van der Waals surface area (Å²) in [6.45, 7) is 12.4. The fourth-order valence-corrected chi connectivity index (χ4v) is 12.7. The van der Waals surface area contributed by atoms with Crippen LogP contribution in [0.2, 0.25) is 0 Å². The fourth-order valence-electron chi connectivity index (χ4n) is 8.27. The van der Waals surface area contributed by atoms with Crippen LogP contribution in [-0.4, -0.2) is 98.7 Å². The van der Waals surface area contributed by atoms with Gasteiger partial charge in [0.2, 0.25) is 11.8 Å². The second-order valence-electron chi connectivity index (χ2n) is 18.7. The molecule has 1 aromatic carbocycles. The Balaban J connectivity index is 1.00. The minimum Gasteiger partial charge on any atom is -0.340 e. The van der Waals surface area contributed by atoms with Crippen LogP contribution in [0.25, 0.3) is 10.1 Å². The monoisotopic (exact) mass is 896 g/mol. The van der Waals surface area contributed by atoms with E-state index >= 15 is 0 Å². The summed E-state index contributed by atoms with van der Waals surface area (Å²) in [7, 11) is -3.71. The molecule has 2 aromatic heterocycles. The Bertz CT molecular complexity index is 2110. The molecule has 324 valence electrons. The van der Waals surface area contributed by atoms with Crippen LogP contribution < -0.4 is 5.32 Å². The SMILES string of the molecule is CC(C)(C)C(=O)SCCOP(=O)(Cc1ccc2sc(C(=O)N[C@H]3C[C@H]4C[C@H]4C[C@H]4CC[C@@H](C(=O)N5CC(c6cccnc6)C5)N4C3=O)cc2c1)OCCSC(=O)C(C)(C)C. The molecule has 7 rings (SSSR count). The number of pyridine rings is 1. The van der Waals surface area contributed by atoms with Gasteiger partial charge in [0.05, 0.1) is 24.3 Å². The molecule has 3 aliphatic heterocycles. The van der Waals surface area contributed by atoms with E-state index in [1.165, 1.54) is 11.3 Å². The third-order valence-corrected chi connectivity index (χ3v) is 17.3. The Labute approximate surface area is 365 Å². The Morgan fingerprint density at radius 1 is 0.900 bits per heavy atom. The molecule has 0 spiro atoms. The lowest BCUT2D eigenvalue weighted by Crippen LogP contribution is -2.59. The third kappa shape index (κ3) is 10.7. The summed E-state index contributed by atoms with van der Waals surface area (Å²) in [6, 6.07) is 10.1. The fraction of sp³-hybridized carbons (Fsp3) is 0.591. The predicted molar refractivity (Wildman–Crippen MR) is 238 cm³/mol. The second-order valence-corrected chi connectivity index (χ2v) is 23.9. The number of thioether (sulfide) groups is 2. The van der Waals surface area contributed by atoms with Crippen molar-refractivity contribution in [2.75, 3.05) is 37.8 Å². The van der Waals surface area contributed by atoms with Gasteiger partial charge in [-0.3, -0.25) is 33.5 Å². The van der Waals surface area contributed by atoms with Crippen molar-refractivity contribution in [2.24, 2.45) is 22.7 Å². The van der Waals surface area contributed by atoms with Gasteiger partial charge in [-0.25, -0.2) is 0 Å². The highest BCUT2D eigenvalue weighted by Gasteiger charge is 2.52. The molecule has 1 saturated carbocycles. The van der Waals surface area contributed by atoms with Gasteiger partial charge in [0.25, 0.3) is 5.91 Å². The van der Waals surface area contributed by atoms with Crippen molar-refractivity contribution in [2.45, 2.75) is 104 Å². The molecule has 3 aromatic rings. The molecule has 12 nitrogen and oxygen atoms in total. The van der Waals surface area contributed by atoms with Crippen LogP contribution in [0.3, 0.4) is 0 Å². The number of nitrogens with zero attached hydrogens (tertiary/aromatic N) is 3. The van der Waals surface area contributed by atoms with Gasteiger partial charge in [0.1, 0.15) is 12.1 Å². The summed E-state index contributed by atoms with van der Waals surface area (Å²) in [4.78, 5) is 75.5. The number of likely N-dealkylation sites (tertiary alicyclic amines) is 1. The van der Waals surface area contributed by atoms with E-state index in [0.29, 0.717) is 59.7 Å². The van der Waals surface area contributed by atoms with Crippen LogP contribution in [0.4, 0.5) is 0 Å². The molecule has 5 heterocycles. The Morgan fingerprint density at radius 2 is 1.57 bits per heavy atom. The molecule has 0 unspecified atom stereocenters. The number of rotatable bonds is 14. The molecule has 60 heavy (non-hydrogen) atoms. The zero-order chi connectivity index (χ0) is 43.0. The van der Waals surface area contributed by atoms with Crippen molar-refractivity contribution in [3.05, 3.63) is 64.8 Å². The van der Waals surface area contributed by atoms with E-state index in [1.54, 1.807) is 12.3 Å². The van der Waals surface area contributed by atoms with Gasteiger partial charge in [0.15, 0.2) is 10.2 Å². The lowest BCUT2D eigenvalue weighted by molar-refractivity contribution is -0.149. The maximum absolute atomic E-state index is 14.4. The van der Waals surface area contributed by atoms with Gasteiger partial charge in [-0.15, -0.1) is 11.3 Å². The van der Waals surface area contributed by atoms with Crippen molar-refractivity contribution >= 4 is 80.5 Å². The lowest BCUT2D eigenvalue weighted by Gasteiger charge is -2.43. The van der Waals surface area contributed by atoms with Gasteiger partial charge >= 0.3 is 7.60 Å². The first-order chi connectivity index (χ1) is 28.4. The van der Waals surface area contributed by atoms with E-state index in [4.69, 9.17) is 9.05 Å². The lowest BCUT2D eigenvalue weighted by atomic mass is 9.92. The summed E-state index contributed by atoms with van der Waals surface area (Å²) in [5.74, 6) is 1.24. The van der Waals surface area contributed by atoms with Crippen LogP contribution in [0.1, 0.15) is 100 Å². The summed E-state index contributed by atoms with van der Waals surface area (Å²) in [5, 5.41) is 3.88. The molecular formula is C44H57N4O8PS3. The molecule has 4 fully saturated rings. The highest BCUT2D eigenvalue weighted by atomic mass is 32.2. The molecular weight excluding hydrogens is 840 g/mol. The minimum atomic E-state index is -3.71. The maximum atomic E-state index is 14.4. The normalized spacial score (nSPS) is 23.4. The molecule has 5 atom stereocenters. The number of thiophene rings is 1. The first-order valence-electron chi connectivity index (χ1n) is 21.0. The van der Waals surface area contributed by atoms with Crippen LogP contribution >= 0.6 is 42.5 Å². The van der Waals surface area contributed by atoms with E-state index in [-0.39, 0.29) is 59.3 Å². The predicted octanol–water partition coefficient (Wildman–Crippen LogP) is 8.15. The number of benzene rings is 1. The minimum absolute atomic E-state index is 0.00213. The van der Waals surface area contributed by atoms with Gasteiger partial charge < -0.3 is 24.2 Å². The highest BCUT2D eigenvalue weighted by molar-refractivity contribution is 8.14. The number of aromatic nitrogens is 1. The first kappa shape index (κ1) is 45.0. The first-order valence-corrected chi connectivity index (χ1v) is 25.5. The topological polar surface area (TPSA) is 152 Å². The highest BCUT2D eigenvalue weighted by Crippen LogP contribution is 2.52. The molecule has 3 amide bonds. The van der Waals surface area contributed by atoms with Crippen LogP contribution in [0.5, 0.6) is 0 Å². The van der Waals surface area contributed by atoms with E-state index in [2.05, 4.69) is 10.3 Å². The number of hydrogen-bond acceptors (Lipinski definition) is 12. The average molecular weight is 897 g/mol. The van der Waals surface area contributed by atoms with E-state index in [9.17, 15) is 28.5 Å². The number of fused-ring (bicyclic) bond motifs is 3. The van der Waals surface area contributed by atoms with Crippen LogP contribution in [0, 0.1) is 22.7 Å². The Hall–Kier alpha value is -3.07. The van der Waals surface area contributed by atoms with E-state index in [1.807, 2.05) is 87.9 Å². The number of carbonyl (C=O) groups excluding carboxylic acids is 5. The van der Waals surface area contributed by atoms with Crippen molar-refractivity contribution in [1.82, 2.24) is 20.1 Å². The standard InChI is InChI=1S/C44H57N4O8PS3/c1-43(2,3)41(52)58-16-14-55-57(54,56-15-17-59-42(53)44(4,5)6)26-27-9-12-36-31(18-27)22-37(60-36)38(49)46-34-21-30-19-29(30)20-33-10-11-35(48(33)39(34)50)40(51)47-24-32(25-47)28-8-7-13-45-23-28/h7-9,12-13,18,22-23,29-30,32-35H,10-11,14-17,19-21,24-26H2,1-6H3,(H,46,49)/t29-,30+,33+,34-,35-/m0/s1. The zero-order valence-corrected chi connectivity index (χ0v) is 38.7. The zero-order valence-electron chi connectivity index (χ0n) is 35.3. The third-order valence-electron chi connectivity index (χ3n) is 11.8. The summed E-state index contributed by atoms with van der Waals surface area (Å²) >= 11 is 3.58. The molecule has 1 N–H and O–H groups in total. The number of hydrogen-bond donors (Lipinski definition) is 1. The van der Waals surface area contributed by atoms with Crippen molar-refractivity contribution in [3.8, 4) is 0 Å². The van der Waals surface area contributed by atoms with Crippen LogP contribution in [0.15, 0.2) is 48.8 Å². The smallest absolute Gasteiger partial charge is 0.335 e. The van der Waals surface area contributed by atoms with Crippen molar-refractivity contribution in [3.63, 3.8) is 0 Å². The van der Waals surface area contributed by atoms with Crippen LogP contribution in [-0.2, 0) is 39.0 Å². The van der Waals surface area contributed by atoms with E-state index in [0.717, 1.165) is 58.4 Å². The Morgan fingerprint density at radius 3 is 2.20 bits per heavy atom. The van der Waals surface area contributed by atoms with Gasteiger partial charge in [0, 0.05) is 64.5 Å². The van der Waals surface area contributed by atoms with Gasteiger partial charge in [-0.1, -0.05) is 77.2 Å². The quantitative estimate of drug-likeness (QED) is 0.123. The molecule has 0 bridgehead atoms. The summed E-state index contributed by atoms with van der Waals surface area (Å²) < 4.78 is 26.8. The average Bonchev–Trinajstić information content (AvgIpc) is 3.52. The summed E-state index contributed by atoms with van der Waals surface area (Å²) in [5.41, 5.74) is 0.772. The van der Waals surface area contributed by atoms with E-state index < -0.39 is 30.5 Å². The molecule has 3 saturated heterocycles. The van der Waals surface area contributed by atoms with Crippen molar-refractivity contribution in [1.29, 1.82) is 0 Å². The van der Waals surface area contributed by atoms with Gasteiger partial charge in [-0.05, 0) is 84.7 Å². The molecule has 16 heteroatoms. The number of carbonyl (C=O) groups is 5. The maximum Gasteiger partial charge on any atom is 0.335 e. The molecule has 1 aliphatic carbocycles. The summed E-state index contributed by atoms with van der Waals surface area (Å²) in [6.07, 6.45) is 7.48. The number of nitrogens with one attached hydrogen (secondary N) is 1. The molecule has 0 radical (unpaired) electrons.